The number of thiophene rings is 1. The smallest absolute Gasteiger partial charge is 0.305 e. The number of carbonyl (C=O) groups excluding carboxylic acids is 4. The van der Waals surface area contributed by atoms with E-state index in [1.807, 2.05) is 6.92 Å². The second kappa shape index (κ2) is 8.05. The molecule has 1 aromatic rings. The number of aldehydes is 1. The van der Waals surface area contributed by atoms with Crippen LogP contribution in [0, 0.1) is 0 Å². The summed E-state index contributed by atoms with van der Waals surface area (Å²) in [5.41, 5.74) is 6.12. The van der Waals surface area contributed by atoms with Gasteiger partial charge < -0.3 is 15.4 Å². The van der Waals surface area contributed by atoms with E-state index in [1.165, 1.54) is 4.90 Å². The van der Waals surface area contributed by atoms with Gasteiger partial charge in [0.25, 0.3) is 5.91 Å². The highest BCUT2D eigenvalue weighted by Gasteiger charge is 2.37. The minimum Gasteiger partial charge on any atom is -0.466 e. The Bertz CT molecular complexity index is 655. The van der Waals surface area contributed by atoms with Crippen molar-refractivity contribution in [2.45, 2.75) is 45.2 Å². The topological polar surface area (TPSA) is 107 Å². The first-order valence-corrected chi connectivity index (χ1v) is 8.63. The van der Waals surface area contributed by atoms with E-state index in [2.05, 4.69) is 0 Å². The lowest BCUT2D eigenvalue weighted by Crippen LogP contribution is -2.45. The second-order valence-electron chi connectivity index (χ2n) is 5.58. The molecular weight excluding hydrogens is 332 g/mol. The number of rotatable bonds is 9. The van der Waals surface area contributed by atoms with Crippen LogP contribution in [-0.2, 0) is 20.9 Å². The minimum absolute atomic E-state index is 0.0222. The van der Waals surface area contributed by atoms with Crippen molar-refractivity contribution < 1.29 is 23.9 Å². The van der Waals surface area contributed by atoms with Crippen LogP contribution in [0.25, 0.3) is 0 Å². The Balaban J connectivity index is 1.98. The number of nitrogens with zero attached hydrogens (tertiary/aromatic N) is 1. The monoisotopic (exact) mass is 352 g/mol. The highest BCUT2D eigenvalue weighted by atomic mass is 32.1. The van der Waals surface area contributed by atoms with Crippen molar-refractivity contribution in [2.24, 2.45) is 5.73 Å². The summed E-state index contributed by atoms with van der Waals surface area (Å²) in [5, 5.41) is 0. The normalized spacial score (nSPS) is 14.4. The Morgan fingerprint density at radius 1 is 1.50 bits per heavy atom. The zero-order valence-electron chi connectivity index (χ0n) is 13.4. The molecule has 24 heavy (non-hydrogen) atoms. The molecule has 130 valence electrons. The number of nitrogens with two attached hydrogens (primary N) is 1. The molecule has 0 aromatic carbocycles. The fraction of sp³-hybridized carbons (Fsp3) is 0.500. The van der Waals surface area contributed by atoms with E-state index in [-0.39, 0.29) is 25.3 Å². The van der Waals surface area contributed by atoms with Crippen molar-refractivity contribution >= 4 is 35.4 Å². The summed E-state index contributed by atoms with van der Waals surface area (Å²) < 4.78 is 5.05. The quantitative estimate of drug-likeness (QED) is 0.412. The first-order chi connectivity index (χ1) is 11.5. The van der Waals surface area contributed by atoms with Crippen LogP contribution in [0.15, 0.2) is 6.07 Å². The average Bonchev–Trinajstić information content (AvgIpc) is 3.07. The van der Waals surface area contributed by atoms with Crippen LogP contribution in [-0.4, -0.2) is 41.6 Å². The van der Waals surface area contributed by atoms with Crippen molar-refractivity contribution in [1.82, 2.24) is 4.90 Å². The number of hydrogen-bond donors (Lipinski definition) is 1. The molecule has 0 spiro atoms. The standard InChI is InChI=1S/C16H20N2O5S/c1-2-3-6-23-13(20)5-4-12(15(17)21)18-8-10-7-11(9-19)24-14(10)16(18)22/h7,9,12H,2-6,8H2,1H3,(H2,17,21). The molecule has 0 saturated carbocycles. The van der Waals surface area contributed by atoms with E-state index in [1.54, 1.807) is 6.07 Å². The third-order valence-electron chi connectivity index (χ3n) is 3.83. The van der Waals surface area contributed by atoms with Crippen LogP contribution in [0.4, 0.5) is 0 Å². The molecule has 7 nitrogen and oxygen atoms in total. The summed E-state index contributed by atoms with van der Waals surface area (Å²) in [6, 6.07) is 0.776. The molecule has 1 unspecified atom stereocenters. The van der Waals surface area contributed by atoms with Gasteiger partial charge in [-0.2, -0.15) is 0 Å². The molecule has 2 N–H and O–H groups in total. The summed E-state index contributed by atoms with van der Waals surface area (Å²) in [4.78, 5) is 48.9. The van der Waals surface area contributed by atoms with Crippen LogP contribution in [0.2, 0.25) is 0 Å². The molecule has 2 amide bonds. The van der Waals surface area contributed by atoms with Crippen molar-refractivity contribution in [2.75, 3.05) is 6.61 Å². The van der Waals surface area contributed by atoms with Crippen molar-refractivity contribution in [3.63, 3.8) is 0 Å². The summed E-state index contributed by atoms with van der Waals surface area (Å²) in [7, 11) is 0. The van der Waals surface area contributed by atoms with Crippen molar-refractivity contribution in [3.05, 3.63) is 21.4 Å². The molecule has 1 aromatic heterocycles. The van der Waals surface area contributed by atoms with Crippen LogP contribution < -0.4 is 5.73 Å². The maximum atomic E-state index is 12.4. The van der Waals surface area contributed by atoms with Gasteiger partial charge in [0.15, 0.2) is 6.29 Å². The number of amides is 2. The molecule has 2 rings (SSSR count). The molecule has 0 saturated heterocycles. The molecule has 0 bridgehead atoms. The SMILES string of the molecule is CCCCOC(=O)CCC(C(N)=O)N1Cc2cc(C=O)sc2C1=O. The first kappa shape index (κ1) is 18.1. The number of fused-ring (bicyclic) bond motifs is 1. The molecule has 0 aliphatic carbocycles. The molecule has 0 radical (unpaired) electrons. The zero-order chi connectivity index (χ0) is 17.7. The lowest BCUT2D eigenvalue weighted by atomic mass is 10.1. The maximum absolute atomic E-state index is 12.4. The Kier molecular flexibility index (Phi) is 6.08. The average molecular weight is 352 g/mol. The summed E-state index contributed by atoms with van der Waals surface area (Å²) in [6.45, 7) is 2.56. The van der Waals surface area contributed by atoms with Gasteiger partial charge in [-0.3, -0.25) is 19.2 Å². The first-order valence-electron chi connectivity index (χ1n) is 7.81. The predicted octanol–water partition coefficient (Wildman–Crippen LogP) is 1.49. The van der Waals surface area contributed by atoms with E-state index in [0.29, 0.717) is 28.2 Å². The van der Waals surface area contributed by atoms with Crippen molar-refractivity contribution in [3.8, 4) is 0 Å². The third-order valence-corrected chi connectivity index (χ3v) is 4.92. The third kappa shape index (κ3) is 4.00. The number of ether oxygens (including phenoxy) is 1. The minimum atomic E-state index is -0.865. The molecule has 1 aliphatic heterocycles. The molecule has 0 fully saturated rings. The molecule has 2 heterocycles. The fourth-order valence-electron chi connectivity index (χ4n) is 2.55. The number of carbonyl (C=O) groups is 4. The number of primary amides is 1. The van der Waals surface area contributed by atoms with Gasteiger partial charge in [-0.1, -0.05) is 13.3 Å². The van der Waals surface area contributed by atoms with E-state index >= 15 is 0 Å². The molecule has 8 heteroatoms. The summed E-state index contributed by atoms with van der Waals surface area (Å²) >= 11 is 1.10. The van der Waals surface area contributed by atoms with Gasteiger partial charge in [0.05, 0.1) is 16.4 Å². The Morgan fingerprint density at radius 2 is 2.25 bits per heavy atom. The van der Waals surface area contributed by atoms with Gasteiger partial charge >= 0.3 is 5.97 Å². The predicted molar refractivity (Wildman–Crippen MR) is 87.7 cm³/mol. The van der Waals surface area contributed by atoms with E-state index < -0.39 is 17.9 Å². The van der Waals surface area contributed by atoms with Gasteiger partial charge in [-0.15, -0.1) is 11.3 Å². The lowest BCUT2D eigenvalue weighted by molar-refractivity contribution is -0.144. The van der Waals surface area contributed by atoms with Gasteiger partial charge in [-0.25, -0.2) is 0 Å². The Morgan fingerprint density at radius 3 is 2.83 bits per heavy atom. The van der Waals surface area contributed by atoms with Crippen LogP contribution >= 0.6 is 11.3 Å². The van der Waals surface area contributed by atoms with Gasteiger partial charge in [-0.05, 0) is 24.5 Å². The highest BCUT2D eigenvalue weighted by molar-refractivity contribution is 7.15. The highest BCUT2D eigenvalue weighted by Crippen LogP contribution is 2.32. The van der Waals surface area contributed by atoms with Crippen LogP contribution in [0.1, 0.15) is 57.5 Å². The maximum Gasteiger partial charge on any atom is 0.305 e. The second-order valence-corrected chi connectivity index (χ2v) is 6.67. The Labute approximate surface area is 143 Å². The fourth-order valence-corrected chi connectivity index (χ4v) is 3.50. The molecular formula is C16H20N2O5S. The van der Waals surface area contributed by atoms with Crippen molar-refractivity contribution in [1.29, 1.82) is 0 Å². The van der Waals surface area contributed by atoms with Gasteiger partial charge in [0, 0.05) is 13.0 Å². The summed E-state index contributed by atoms with van der Waals surface area (Å²) in [6.07, 6.45) is 2.55. The lowest BCUT2D eigenvalue weighted by Gasteiger charge is -2.24. The number of esters is 1. The molecule has 1 aliphatic rings. The summed E-state index contributed by atoms with van der Waals surface area (Å²) in [5.74, 6) is -1.39. The van der Waals surface area contributed by atoms with E-state index in [0.717, 1.165) is 24.2 Å². The zero-order valence-corrected chi connectivity index (χ0v) is 14.3. The Hall–Kier alpha value is -2.22. The van der Waals surface area contributed by atoms with Gasteiger partial charge in [0.2, 0.25) is 5.91 Å². The number of hydrogen-bond acceptors (Lipinski definition) is 6. The largest absolute Gasteiger partial charge is 0.466 e. The van der Waals surface area contributed by atoms with E-state index in [9.17, 15) is 19.2 Å². The van der Waals surface area contributed by atoms with Crippen LogP contribution in [0.5, 0.6) is 0 Å². The number of unbranched alkanes of at least 4 members (excludes halogenated alkanes) is 1. The van der Waals surface area contributed by atoms with Crippen LogP contribution in [0.3, 0.4) is 0 Å². The van der Waals surface area contributed by atoms with Gasteiger partial charge in [0.1, 0.15) is 6.04 Å². The van der Waals surface area contributed by atoms with E-state index in [4.69, 9.17) is 10.5 Å². The molecule has 1 atom stereocenters.